The number of rotatable bonds is 7. The number of aryl methyl sites for hydroxylation is 2. The largest absolute Gasteiger partial charge is 0.452 e. The van der Waals surface area contributed by atoms with Gasteiger partial charge in [0.05, 0.1) is 16.9 Å². The highest BCUT2D eigenvalue weighted by molar-refractivity contribution is 5.91. The lowest BCUT2D eigenvalue weighted by atomic mass is 10.2. The van der Waals surface area contributed by atoms with Gasteiger partial charge in [0, 0.05) is 18.8 Å². The summed E-state index contributed by atoms with van der Waals surface area (Å²) < 4.78 is 6.96. The Morgan fingerprint density at radius 2 is 1.88 bits per heavy atom. The molecule has 2 aromatic rings. The smallest absolute Gasteiger partial charge is 0.338 e. The highest BCUT2D eigenvalue weighted by atomic mass is 16.5. The van der Waals surface area contributed by atoms with Gasteiger partial charge in [-0.2, -0.15) is 5.10 Å². The second-order valence-corrected chi connectivity index (χ2v) is 6.33. The zero-order valence-electron chi connectivity index (χ0n) is 15.8. The highest BCUT2D eigenvalue weighted by Gasteiger charge is 2.15. The van der Waals surface area contributed by atoms with E-state index in [4.69, 9.17) is 4.74 Å². The Kier molecular flexibility index (Phi) is 6.33. The Bertz CT molecular complexity index is 806. The Morgan fingerprint density at radius 1 is 1.23 bits per heavy atom. The van der Waals surface area contributed by atoms with Crippen LogP contribution in [0.1, 0.15) is 35.6 Å². The van der Waals surface area contributed by atoms with E-state index in [2.05, 4.69) is 11.7 Å². The number of hydrogen-bond donors (Lipinski definition) is 0. The fourth-order valence-electron chi connectivity index (χ4n) is 2.63. The topological polar surface area (TPSA) is 64.4 Å². The van der Waals surface area contributed by atoms with Gasteiger partial charge in [0.2, 0.25) is 0 Å². The molecule has 0 saturated carbocycles. The van der Waals surface area contributed by atoms with E-state index in [1.807, 2.05) is 38.4 Å². The number of carbonyl (C=O) groups excluding carboxylic acids is 2. The van der Waals surface area contributed by atoms with E-state index >= 15 is 0 Å². The van der Waals surface area contributed by atoms with Crippen molar-refractivity contribution in [1.29, 1.82) is 0 Å². The van der Waals surface area contributed by atoms with Crippen molar-refractivity contribution in [3.05, 3.63) is 59.4 Å². The summed E-state index contributed by atoms with van der Waals surface area (Å²) in [6.07, 6.45) is 0. The van der Waals surface area contributed by atoms with E-state index in [0.29, 0.717) is 18.7 Å². The van der Waals surface area contributed by atoms with Crippen LogP contribution < -0.4 is 0 Å². The SMILES string of the molecule is C=C(C)CN(CC)C(=O)COC(=O)c1ccc(-n2nc(C)cc2C)cc1. The van der Waals surface area contributed by atoms with Crippen LogP contribution in [-0.2, 0) is 9.53 Å². The van der Waals surface area contributed by atoms with Gasteiger partial charge in [-0.05, 0) is 58.0 Å². The molecule has 0 radical (unpaired) electrons. The second kappa shape index (κ2) is 8.47. The molecule has 1 amide bonds. The number of amides is 1. The van der Waals surface area contributed by atoms with E-state index < -0.39 is 5.97 Å². The summed E-state index contributed by atoms with van der Waals surface area (Å²) in [5, 5.41) is 4.41. The molecule has 0 aliphatic rings. The summed E-state index contributed by atoms with van der Waals surface area (Å²) in [6.45, 7) is 12.2. The summed E-state index contributed by atoms with van der Waals surface area (Å²) >= 11 is 0. The lowest BCUT2D eigenvalue weighted by Crippen LogP contribution is -2.35. The number of carbonyl (C=O) groups is 2. The van der Waals surface area contributed by atoms with E-state index in [9.17, 15) is 9.59 Å². The Balaban J connectivity index is 1.98. The minimum atomic E-state index is -0.523. The molecule has 0 aliphatic carbocycles. The molecule has 0 aliphatic heterocycles. The molecule has 1 heterocycles. The number of hydrogen-bond acceptors (Lipinski definition) is 4. The number of benzene rings is 1. The molecule has 26 heavy (non-hydrogen) atoms. The summed E-state index contributed by atoms with van der Waals surface area (Å²) in [5.41, 5.74) is 4.08. The van der Waals surface area contributed by atoms with Crippen LogP contribution in [0.4, 0.5) is 0 Å². The first-order valence-electron chi connectivity index (χ1n) is 8.54. The van der Waals surface area contributed by atoms with Crippen molar-refractivity contribution in [2.45, 2.75) is 27.7 Å². The van der Waals surface area contributed by atoms with Crippen LogP contribution >= 0.6 is 0 Å². The highest BCUT2D eigenvalue weighted by Crippen LogP contribution is 2.13. The van der Waals surface area contributed by atoms with Crippen LogP contribution in [-0.4, -0.2) is 46.3 Å². The lowest BCUT2D eigenvalue weighted by molar-refractivity contribution is -0.133. The van der Waals surface area contributed by atoms with Gasteiger partial charge in [0.15, 0.2) is 6.61 Å². The predicted molar refractivity (Wildman–Crippen MR) is 100 cm³/mol. The molecule has 0 atom stereocenters. The van der Waals surface area contributed by atoms with Crippen LogP contribution in [0.2, 0.25) is 0 Å². The van der Waals surface area contributed by atoms with Gasteiger partial charge in [0.1, 0.15) is 0 Å². The Labute approximate surface area is 154 Å². The van der Waals surface area contributed by atoms with Gasteiger partial charge in [-0.15, -0.1) is 0 Å². The summed E-state index contributed by atoms with van der Waals surface area (Å²) in [4.78, 5) is 25.9. The number of nitrogens with zero attached hydrogens (tertiary/aromatic N) is 3. The van der Waals surface area contributed by atoms with Crippen molar-refractivity contribution >= 4 is 11.9 Å². The summed E-state index contributed by atoms with van der Waals surface area (Å²) in [5.74, 6) is -0.757. The molecule has 0 spiro atoms. The van der Waals surface area contributed by atoms with Crippen LogP contribution in [0.15, 0.2) is 42.5 Å². The number of esters is 1. The zero-order chi connectivity index (χ0) is 19.3. The van der Waals surface area contributed by atoms with Gasteiger partial charge in [-0.25, -0.2) is 9.48 Å². The Hall–Kier alpha value is -2.89. The van der Waals surface area contributed by atoms with Gasteiger partial charge in [-0.3, -0.25) is 4.79 Å². The molecule has 1 aromatic heterocycles. The first-order valence-corrected chi connectivity index (χ1v) is 8.54. The van der Waals surface area contributed by atoms with Crippen molar-refractivity contribution in [2.75, 3.05) is 19.7 Å². The van der Waals surface area contributed by atoms with Crippen LogP contribution in [0, 0.1) is 13.8 Å². The van der Waals surface area contributed by atoms with Crippen molar-refractivity contribution in [3.8, 4) is 5.69 Å². The molecule has 138 valence electrons. The molecular weight excluding hydrogens is 330 g/mol. The Morgan fingerprint density at radius 3 is 2.38 bits per heavy atom. The summed E-state index contributed by atoms with van der Waals surface area (Å²) in [7, 11) is 0. The molecular formula is C20H25N3O3. The molecule has 0 N–H and O–H groups in total. The van der Waals surface area contributed by atoms with E-state index in [0.717, 1.165) is 22.6 Å². The maximum absolute atomic E-state index is 12.2. The van der Waals surface area contributed by atoms with E-state index in [1.54, 1.807) is 29.2 Å². The van der Waals surface area contributed by atoms with Gasteiger partial charge in [0.25, 0.3) is 5.91 Å². The third-order valence-electron chi connectivity index (χ3n) is 3.88. The third kappa shape index (κ3) is 4.81. The van der Waals surface area contributed by atoms with Crippen LogP contribution in [0.5, 0.6) is 0 Å². The van der Waals surface area contributed by atoms with Crippen molar-refractivity contribution in [1.82, 2.24) is 14.7 Å². The van der Waals surface area contributed by atoms with Crippen LogP contribution in [0.3, 0.4) is 0 Å². The van der Waals surface area contributed by atoms with Gasteiger partial charge in [-0.1, -0.05) is 12.2 Å². The fraction of sp³-hybridized carbons (Fsp3) is 0.350. The normalized spacial score (nSPS) is 10.5. The maximum Gasteiger partial charge on any atom is 0.338 e. The summed E-state index contributed by atoms with van der Waals surface area (Å²) in [6, 6.07) is 8.93. The first kappa shape index (κ1) is 19.4. The zero-order valence-corrected chi connectivity index (χ0v) is 15.8. The molecule has 0 saturated heterocycles. The minimum Gasteiger partial charge on any atom is -0.452 e. The van der Waals surface area contributed by atoms with Crippen LogP contribution in [0.25, 0.3) is 5.69 Å². The third-order valence-corrected chi connectivity index (χ3v) is 3.88. The quantitative estimate of drug-likeness (QED) is 0.566. The molecule has 0 fully saturated rings. The molecule has 1 aromatic carbocycles. The number of likely N-dealkylation sites (N-methyl/N-ethyl adjacent to an activating group) is 1. The molecule has 6 nitrogen and oxygen atoms in total. The second-order valence-electron chi connectivity index (χ2n) is 6.33. The standard InChI is InChI=1S/C20H25N3O3/c1-6-22(12-14(2)3)19(24)13-26-20(25)17-7-9-18(10-8-17)23-16(5)11-15(4)21-23/h7-11H,2,6,12-13H2,1,3-5H3. The van der Waals surface area contributed by atoms with Crippen molar-refractivity contribution < 1.29 is 14.3 Å². The maximum atomic E-state index is 12.2. The first-order chi connectivity index (χ1) is 12.3. The number of aromatic nitrogens is 2. The average Bonchev–Trinajstić information content (AvgIpc) is 2.95. The van der Waals surface area contributed by atoms with Crippen molar-refractivity contribution in [3.63, 3.8) is 0 Å². The van der Waals surface area contributed by atoms with Crippen molar-refractivity contribution in [2.24, 2.45) is 0 Å². The monoisotopic (exact) mass is 355 g/mol. The molecule has 0 bridgehead atoms. The molecule has 0 unspecified atom stereocenters. The molecule has 6 heteroatoms. The number of ether oxygens (including phenoxy) is 1. The molecule has 2 rings (SSSR count). The fourth-order valence-corrected chi connectivity index (χ4v) is 2.63. The minimum absolute atomic E-state index is 0.233. The predicted octanol–water partition coefficient (Wildman–Crippen LogP) is 3.07. The van der Waals surface area contributed by atoms with Gasteiger partial charge >= 0.3 is 5.97 Å². The average molecular weight is 355 g/mol. The van der Waals surface area contributed by atoms with E-state index in [-0.39, 0.29) is 12.5 Å². The van der Waals surface area contributed by atoms with E-state index in [1.165, 1.54) is 0 Å². The lowest BCUT2D eigenvalue weighted by Gasteiger charge is -2.20. The van der Waals surface area contributed by atoms with Gasteiger partial charge < -0.3 is 9.64 Å².